The molecule has 0 unspecified atom stereocenters. The Morgan fingerprint density at radius 1 is 1.80 bits per heavy atom. The van der Waals surface area contributed by atoms with E-state index in [0.29, 0.717) is 10.2 Å². The van der Waals surface area contributed by atoms with Crippen LogP contribution in [-0.2, 0) is 0 Å². The number of aliphatic imine (C=N–C) groups is 1. The third-order valence-corrected chi connectivity index (χ3v) is 1.46. The Morgan fingerprint density at radius 2 is 2.40 bits per heavy atom. The van der Waals surface area contributed by atoms with Gasteiger partial charge in [0.25, 0.3) is 0 Å². The van der Waals surface area contributed by atoms with E-state index in [1.54, 1.807) is 19.2 Å². The lowest BCUT2D eigenvalue weighted by atomic mass is 10.3. The van der Waals surface area contributed by atoms with E-state index in [2.05, 4.69) is 27.5 Å². The van der Waals surface area contributed by atoms with Crippen molar-refractivity contribution in [1.82, 2.24) is 0 Å². The van der Waals surface area contributed by atoms with Gasteiger partial charge in [-0.05, 0) is 22.0 Å². The molecule has 0 saturated heterocycles. The van der Waals surface area contributed by atoms with Crippen molar-refractivity contribution in [1.29, 1.82) is 5.26 Å². The van der Waals surface area contributed by atoms with Gasteiger partial charge in [-0.1, -0.05) is 12.7 Å². The molecule has 0 aromatic heterocycles. The molecule has 0 aliphatic carbocycles. The summed E-state index contributed by atoms with van der Waals surface area (Å²) in [5, 5.41) is 8.44. The molecule has 0 bridgehead atoms. The molecule has 0 aromatic rings. The predicted molar refractivity (Wildman–Crippen MR) is 46.2 cm³/mol. The highest BCUT2D eigenvalue weighted by molar-refractivity contribution is 9.12. The van der Waals surface area contributed by atoms with Crippen LogP contribution in [0.2, 0.25) is 0 Å². The fourth-order valence-electron chi connectivity index (χ4n) is 0.393. The summed E-state index contributed by atoms with van der Waals surface area (Å²) in [5.41, 5.74) is 0.375. The van der Waals surface area contributed by atoms with Crippen LogP contribution in [0.3, 0.4) is 0 Å². The minimum atomic E-state index is 0.375. The average Bonchev–Trinajstić information content (AvgIpc) is 1.91. The zero-order valence-corrected chi connectivity index (χ0v) is 7.22. The summed E-state index contributed by atoms with van der Waals surface area (Å²) in [5.74, 6) is 0. The molecule has 0 atom stereocenters. The standard InChI is InChI=1S/C7H7BrN2/c1-3-4-6(8)7(5-9)10-2/h3-4H,1H2,2H3/b6-4+,10-7?. The van der Waals surface area contributed by atoms with Crippen LogP contribution in [0.15, 0.2) is 28.2 Å². The zero-order chi connectivity index (χ0) is 7.98. The smallest absolute Gasteiger partial charge is 0.149 e. The Bertz CT molecular complexity index is 220. The maximum absolute atomic E-state index is 8.44. The van der Waals surface area contributed by atoms with Crippen LogP contribution < -0.4 is 0 Å². The highest BCUT2D eigenvalue weighted by atomic mass is 79.9. The van der Waals surface area contributed by atoms with Crippen molar-refractivity contribution in [2.24, 2.45) is 4.99 Å². The van der Waals surface area contributed by atoms with Gasteiger partial charge in [-0.15, -0.1) is 0 Å². The first-order valence-corrected chi connectivity index (χ1v) is 3.41. The lowest BCUT2D eigenvalue weighted by molar-refractivity contribution is 1.44. The first kappa shape index (κ1) is 9.12. The summed E-state index contributed by atoms with van der Waals surface area (Å²) in [6, 6.07) is 1.92. The second-order valence-electron chi connectivity index (χ2n) is 1.43. The molecule has 0 fully saturated rings. The second kappa shape index (κ2) is 4.95. The molecule has 0 spiro atoms. The van der Waals surface area contributed by atoms with Crippen molar-refractivity contribution in [3.8, 4) is 6.07 Å². The number of allylic oxidation sites excluding steroid dienone is 3. The van der Waals surface area contributed by atoms with Gasteiger partial charge >= 0.3 is 0 Å². The minimum Gasteiger partial charge on any atom is -0.277 e. The molecule has 0 heterocycles. The molecule has 52 valence electrons. The molecule has 0 aliphatic heterocycles. The molecule has 2 nitrogen and oxygen atoms in total. The van der Waals surface area contributed by atoms with Gasteiger partial charge in [-0.2, -0.15) is 5.26 Å². The van der Waals surface area contributed by atoms with Crippen LogP contribution >= 0.6 is 15.9 Å². The second-order valence-corrected chi connectivity index (χ2v) is 2.29. The highest BCUT2D eigenvalue weighted by Gasteiger charge is 1.97. The van der Waals surface area contributed by atoms with E-state index in [0.717, 1.165) is 0 Å². The van der Waals surface area contributed by atoms with Crippen LogP contribution in [0.1, 0.15) is 0 Å². The highest BCUT2D eigenvalue weighted by Crippen LogP contribution is 2.06. The Balaban J connectivity index is 4.51. The van der Waals surface area contributed by atoms with Crippen LogP contribution in [-0.4, -0.2) is 12.8 Å². The first-order chi connectivity index (χ1) is 4.76. The molecule has 3 heteroatoms. The maximum Gasteiger partial charge on any atom is 0.149 e. The third kappa shape index (κ3) is 2.60. The summed E-state index contributed by atoms with van der Waals surface area (Å²) in [7, 11) is 1.57. The van der Waals surface area contributed by atoms with E-state index in [4.69, 9.17) is 5.26 Å². The minimum absolute atomic E-state index is 0.375. The number of hydrogen-bond donors (Lipinski definition) is 0. The Kier molecular flexibility index (Phi) is 4.51. The molecule has 0 aliphatic rings. The van der Waals surface area contributed by atoms with Crippen molar-refractivity contribution < 1.29 is 0 Å². The van der Waals surface area contributed by atoms with Crippen molar-refractivity contribution in [3.63, 3.8) is 0 Å². The third-order valence-electron chi connectivity index (χ3n) is 0.820. The van der Waals surface area contributed by atoms with Crippen LogP contribution in [0, 0.1) is 11.3 Å². The Morgan fingerprint density at radius 3 is 2.70 bits per heavy atom. The van der Waals surface area contributed by atoms with Gasteiger partial charge in [0.2, 0.25) is 0 Å². The molecule has 0 amide bonds. The molecular formula is C7H7BrN2. The van der Waals surface area contributed by atoms with E-state index < -0.39 is 0 Å². The van der Waals surface area contributed by atoms with Crippen molar-refractivity contribution in [2.45, 2.75) is 0 Å². The first-order valence-electron chi connectivity index (χ1n) is 2.61. The van der Waals surface area contributed by atoms with Gasteiger partial charge in [0.05, 0.1) is 4.48 Å². The van der Waals surface area contributed by atoms with Crippen molar-refractivity contribution in [2.75, 3.05) is 7.05 Å². The SMILES string of the molecule is C=C/C=C(/Br)C(C#N)=NC. The van der Waals surface area contributed by atoms with E-state index in [1.165, 1.54) is 0 Å². The quantitative estimate of drug-likeness (QED) is 0.495. The molecule has 0 aromatic carbocycles. The van der Waals surface area contributed by atoms with Crippen molar-refractivity contribution >= 4 is 21.6 Å². The molecule has 0 N–H and O–H groups in total. The summed E-state index contributed by atoms with van der Waals surface area (Å²) in [6.07, 6.45) is 3.26. The maximum atomic E-state index is 8.44. The van der Waals surface area contributed by atoms with Gasteiger partial charge in [0.15, 0.2) is 0 Å². The van der Waals surface area contributed by atoms with E-state index in [9.17, 15) is 0 Å². The number of halogens is 1. The fraction of sp³-hybridized carbons (Fsp3) is 0.143. The normalized spacial score (nSPS) is 12.5. The topological polar surface area (TPSA) is 36.1 Å². The average molecular weight is 199 g/mol. The summed E-state index contributed by atoms with van der Waals surface area (Å²) < 4.78 is 0.660. The van der Waals surface area contributed by atoms with Gasteiger partial charge in [-0.3, -0.25) is 4.99 Å². The van der Waals surface area contributed by atoms with Crippen molar-refractivity contribution in [3.05, 3.63) is 23.2 Å². The number of rotatable bonds is 2. The largest absolute Gasteiger partial charge is 0.277 e. The number of nitriles is 1. The Hall–Kier alpha value is -0.880. The van der Waals surface area contributed by atoms with E-state index in [1.807, 2.05) is 6.07 Å². The number of hydrogen-bond acceptors (Lipinski definition) is 2. The summed E-state index contributed by atoms with van der Waals surface area (Å²) in [6.45, 7) is 3.48. The summed E-state index contributed by atoms with van der Waals surface area (Å²) >= 11 is 3.16. The molecule has 0 saturated carbocycles. The van der Waals surface area contributed by atoms with Crippen LogP contribution in [0.5, 0.6) is 0 Å². The monoisotopic (exact) mass is 198 g/mol. The fourth-order valence-corrected chi connectivity index (χ4v) is 0.846. The number of nitrogens with zero attached hydrogens (tertiary/aromatic N) is 2. The van der Waals surface area contributed by atoms with Gasteiger partial charge < -0.3 is 0 Å². The van der Waals surface area contributed by atoms with Crippen LogP contribution in [0.4, 0.5) is 0 Å². The molecule has 0 rings (SSSR count). The predicted octanol–water partition coefficient (Wildman–Crippen LogP) is 2.05. The van der Waals surface area contributed by atoms with E-state index in [-0.39, 0.29) is 0 Å². The van der Waals surface area contributed by atoms with E-state index >= 15 is 0 Å². The molecule has 0 radical (unpaired) electrons. The van der Waals surface area contributed by atoms with Crippen LogP contribution in [0.25, 0.3) is 0 Å². The summed E-state index contributed by atoms with van der Waals surface area (Å²) in [4.78, 5) is 3.72. The lowest BCUT2D eigenvalue weighted by Crippen LogP contribution is -1.91. The van der Waals surface area contributed by atoms with Gasteiger partial charge in [0, 0.05) is 7.05 Å². The zero-order valence-electron chi connectivity index (χ0n) is 5.63. The Labute approximate surface area is 68.7 Å². The lowest BCUT2D eigenvalue weighted by Gasteiger charge is -1.89. The van der Waals surface area contributed by atoms with Gasteiger partial charge in [-0.25, -0.2) is 0 Å². The molecule has 10 heavy (non-hydrogen) atoms. The van der Waals surface area contributed by atoms with Gasteiger partial charge in [0.1, 0.15) is 11.8 Å². The molecular weight excluding hydrogens is 192 g/mol.